The first-order valence-corrected chi connectivity index (χ1v) is 11.8. The normalized spacial score (nSPS) is 18.9. The molecule has 2 aromatic rings. The van der Waals surface area contributed by atoms with Crippen LogP contribution in [0.5, 0.6) is 5.75 Å². The van der Waals surface area contributed by atoms with Crippen molar-refractivity contribution in [2.24, 2.45) is 0 Å². The van der Waals surface area contributed by atoms with Crippen LogP contribution in [0.1, 0.15) is 36.7 Å². The van der Waals surface area contributed by atoms with Crippen molar-refractivity contribution in [2.45, 2.75) is 43.8 Å². The Kier molecular flexibility index (Phi) is 6.81. The van der Waals surface area contributed by atoms with Crippen molar-refractivity contribution >= 4 is 29.0 Å². The predicted octanol–water partition coefficient (Wildman–Crippen LogP) is 1.76. The summed E-state index contributed by atoms with van der Waals surface area (Å²) in [5, 5.41) is 3.33. The summed E-state index contributed by atoms with van der Waals surface area (Å²) in [6.45, 7) is 6.35. The van der Waals surface area contributed by atoms with Gasteiger partial charge in [0.25, 0.3) is 0 Å². The van der Waals surface area contributed by atoms with E-state index in [1.54, 1.807) is 30.2 Å². The van der Waals surface area contributed by atoms with E-state index < -0.39 is 16.1 Å². The molecule has 2 aromatic carbocycles. The second kappa shape index (κ2) is 9.07. The van der Waals surface area contributed by atoms with Crippen LogP contribution in [-0.2, 0) is 16.6 Å². The van der Waals surface area contributed by atoms with E-state index in [-0.39, 0.29) is 28.4 Å². The van der Waals surface area contributed by atoms with Crippen molar-refractivity contribution in [1.82, 2.24) is 14.5 Å². The summed E-state index contributed by atoms with van der Waals surface area (Å²) in [7, 11) is 3.48. The molecule has 170 valence electrons. The van der Waals surface area contributed by atoms with Gasteiger partial charge in [-0.3, -0.25) is 0 Å². The van der Waals surface area contributed by atoms with E-state index in [0.29, 0.717) is 12.1 Å². The number of ether oxygens (including phenoxy) is 1. The van der Waals surface area contributed by atoms with Crippen molar-refractivity contribution in [3.63, 3.8) is 0 Å². The number of rotatable bonds is 5. The van der Waals surface area contributed by atoms with Crippen molar-refractivity contribution in [3.05, 3.63) is 59.7 Å². The molecule has 1 aliphatic heterocycles. The molecular weight excluding hydrogens is 425 g/mol. The van der Waals surface area contributed by atoms with Crippen molar-refractivity contribution < 1.29 is 17.9 Å². The number of benzene rings is 2. The van der Waals surface area contributed by atoms with E-state index in [0.717, 1.165) is 11.3 Å². The molecule has 0 spiro atoms. The summed E-state index contributed by atoms with van der Waals surface area (Å²) in [5.74, 6) is 0.370. The second-order valence-electron chi connectivity index (χ2n) is 8.98. The molecule has 0 saturated heterocycles. The van der Waals surface area contributed by atoms with Crippen molar-refractivity contribution in [1.29, 1.82) is 0 Å². The van der Waals surface area contributed by atoms with Crippen LogP contribution in [0.15, 0.2) is 53.4 Å². The first-order chi connectivity index (χ1) is 14.9. The van der Waals surface area contributed by atoms with E-state index in [1.807, 2.05) is 45.0 Å². The van der Waals surface area contributed by atoms with Gasteiger partial charge >= 0.3 is 191 Å². The number of fused-ring (bicyclic) bond motifs is 1. The van der Waals surface area contributed by atoms with Crippen molar-refractivity contribution in [3.8, 4) is 5.75 Å². The number of carbonyl (C=O) groups is 1. The van der Waals surface area contributed by atoms with Gasteiger partial charge in [0.1, 0.15) is 0 Å². The number of nitrogens with one attached hydrogen (secondary N) is 1. The van der Waals surface area contributed by atoms with Gasteiger partial charge in [-0.2, -0.15) is 0 Å². The Morgan fingerprint density at radius 2 is 1.78 bits per heavy atom. The van der Waals surface area contributed by atoms with Crippen LogP contribution in [0, 0.1) is 0 Å². The molecule has 1 heterocycles. The fourth-order valence-electron chi connectivity index (χ4n) is 3.75. The summed E-state index contributed by atoms with van der Waals surface area (Å²) < 4.78 is 32.9. The quantitative estimate of drug-likeness (QED) is 0.696. The Bertz CT molecular complexity index is 1110. The average molecular weight is 455 g/mol. The van der Waals surface area contributed by atoms with Gasteiger partial charge in [0.15, 0.2) is 0 Å². The summed E-state index contributed by atoms with van der Waals surface area (Å²) in [6.07, 6.45) is 0. The number of carbonyl (C=O) groups excluding carboxylic acids is 1. The van der Waals surface area contributed by atoms with Crippen LogP contribution in [0.4, 0.5) is 0 Å². The zero-order valence-corrected chi connectivity index (χ0v) is 20.1. The van der Waals surface area contributed by atoms with E-state index in [4.69, 9.17) is 4.74 Å². The Labute approximate surface area is 191 Å². The fraction of sp³-hybridized carbons (Fsp3) is 0.391. The number of nitrogens with zero attached hydrogens (tertiary/aromatic N) is 2. The van der Waals surface area contributed by atoms with Gasteiger partial charge in [0.05, 0.1) is 0 Å². The van der Waals surface area contributed by atoms with Gasteiger partial charge in [-0.1, -0.05) is 0 Å². The Morgan fingerprint density at radius 3 is 2.38 bits per heavy atom. The van der Waals surface area contributed by atoms with Gasteiger partial charge in [-0.25, -0.2) is 0 Å². The topological polar surface area (TPSA) is 79.0 Å². The van der Waals surface area contributed by atoms with Crippen LogP contribution in [-0.4, -0.2) is 68.9 Å². The van der Waals surface area contributed by atoms with Gasteiger partial charge in [-0.05, 0) is 0 Å². The van der Waals surface area contributed by atoms with E-state index in [9.17, 15) is 13.2 Å². The van der Waals surface area contributed by atoms with Crippen LogP contribution in [0.3, 0.4) is 0 Å². The minimum absolute atomic E-state index is 0.0140. The molecule has 3 rings (SSSR count). The Hall–Kier alpha value is -2.65. The van der Waals surface area contributed by atoms with Gasteiger partial charge in [-0.15, -0.1) is 0 Å². The zero-order valence-electron chi connectivity index (χ0n) is 19.3. The number of amides is 1. The minimum atomic E-state index is -3.83. The number of hydrogen-bond acceptors (Lipinski definition) is 5. The Balaban J connectivity index is 2.11. The maximum atomic E-state index is 13.7. The number of hydrogen-bond donors (Lipinski definition) is 1. The maximum absolute atomic E-state index is 13.7. The zero-order chi connectivity index (χ0) is 23.7. The molecule has 9 heteroatoms. The van der Waals surface area contributed by atoms with Crippen LogP contribution < -0.4 is 10.1 Å². The van der Waals surface area contributed by atoms with Gasteiger partial charge < -0.3 is 0 Å². The molecule has 1 unspecified atom stereocenters. The molecule has 0 fully saturated rings. The molecule has 0 radical (unpaired) electrons. The molecule has 0 saturated carbocycles. The summed E-state index contributed by atoms with van der Waals surface area (Å²) in [4.78, 5) is 15.4. The standard InChI is InChI=1S/C23H30BN3O4S/c1-23(2,3)25-21(24)19-15-26(4)32(29,30)20-9-7-6-8-18(20)22(28)27(19)14-16-10-12-17(31-5)13-11-16/h6-13,19,24-25H,14-15H2,1-5H3. The third kappa shape index (κ3) is 5.05. The third-order valence-electron chi connectivity index (χ3n) is 5.32. The molecule has 0 bridgehead atoms. The average Bonchev–Trinajstić information content (AvgIpc) is 2.74. The summed E-state index contributed by atoms with van der Waals surface area (Å²) in [6, 6.07) is 13.2. The molecule has 0 aliphatic carbocycles. The predicted molar refractivity (Wildman–Crippen MR) is 128 cm³/mol. The number of methoxy groups -OCH3 is 1. The van der Waals surface area contributed by atoms with E-state index in [1.165, 1.54) is 17.4 Å². The molecule has 1 atom stereocenters. The molecule has 1 N–H and O–H groups in total. The molecule has 32 heavy (non-hydrogen) atoms. The molecular formula is C23H30BN3O4S. The summed E-state index contributed by atoms with van der Waals surface area (Å²) in [5.41, 5.74) is 1.34. The van der Waals surface area contributed by atoms with E-state index >= 15 is 0 Å². The van der Waals surface area contributed by atoms with Crippen molar-refractivity contribution in [2.75, 3.05) is 20.7 Å². The van der Waals surface area contributed by atoms with Crippen LogP contribution in [0.25, 0.3) is 0 Å². The Morgan fingerprint density at radius 1 is 1.16 bits per heavy atom. The molecule has 1 amide bonds. The monoisotopic (exact) mass is 455 g/mol. The second-order valence-corrected chi connectivity index (χ2v) is 11.0. The van der Waals surface area contributed by atoms with Crippen LogP contribution >= 0.6 is 0 Å². The number of sulfonamides is 1. The van der Waals surface area contributed by atoms with Gasteiger partial charge in [0, 0.05) is 0 Å². The van der Waals surface area contributed by atoms with Gasteiger partial charge in [0.2, 0.25) is 0 Å². The first-order valence-electron chi connectivity index (χ1n) is 10.4. The van der Waals surface area contributed by atoms with E-state index in [2.05, 4.69) is 12.8 Å². The summed E-state index contributed by atoms with van der Waals surface area (Å²) >= 11 is 0. The van der Waals surface area contributed by atoms with Crippen LogP contribution in [0.2, 0.25) is 0 Å². The SMILES string of the molecule is B=C(NC(C)(C)C)C1CN(C)S(=O)(=O)c2ccccc2C(=O)N1Cc1ccc(OC)cc1. The molecule has 0 aromatic heterocycles. The molecule has 7 nitrogen and oxygen atoms in total. The molecule has 1 aliphatic rings. The first kappa shape index (κ1) is 24.0. The number of likely N-dealkylation sites (N-methyl/N-ethyl adjacent to an activating group) is 1. The fourth-order valence-corrected chi connectivity index (χ4v) is 5.10. The third-order valence-corrected chi connectivity index (χ3v) is 7.20.